The van der Waals surface area contributed by atoms with E-state index in [1.54, 1.807) is 48.7 Å². The van der Waals surface area contributed by atoms with Crippen LogP contribution in [-0.4, -0.2) is 25.9 Å². The Morgan fingerprint density at radius 3 is 2.59 bits per heavy atom. The molecule has 6 nitrogen and oxygen atoms in total. The van der Waals surface area contributed by atoms with Crippen LogP contribution in [0.3, 0.4) is 0 Å². The normalized spacial score (nSPS) is 12.5. The van der Waals surface area contributed by atoms with Crippen LogP contribution in [0.4, 0.5) is 0 Å². The van der Waals surface area contributed by atoms with Gasteiger partial charge in [-0.25, -0.2) is 8.42 Å². The molecule has 0 aliphatic carbocycles. The molecule has 0 saturated heterocycles. The van der Waals surface area contributed by atoms with Crippen molar-refractivity contribution in [3.05, 3.63) is 83.6 Å². The van der Waals surface area contributed by atoms with Gasteiger partial charge >= 0.3 is 0 Å². The molecule has 0 bridgehead atoms. The van der Waals surface area contributed by atoms with E-state index < -0.39 is 21.0 Å². The van der Waals surface area contributed by atoms with Gasteiger partial charge in [-0.15, -0.1) is 0 Å². The zero-order valence-electron chi connectivity index (χ0n) is 15.0. The standard InChI is InChI=1S/C20H20N2O4S/c1-14-7-8-17(11-15(14)2)27(24,25)19(18-6-4-10-26-18)13-22-20(23)16-5-3-9-21-12-16/h3-12,19H,13H2,1-2H3,(H,22,23)/t19-/m0/s1. The van der Waals surface area contributed by atoms with Gasteiger partial charge in [0.15, 0.2) is 9.84 Å². The van der Waals surface area contributed by atoms with Crippen molar-refractivity contribution in [3.8, 4) is 0 Å². The molecular formula is C20H20N2O4S. The molecule has 0 unspecified atom stereocenters. The summed E-state index contributed by atoms with van der Waals surface area (Å²) in [6.45, 7) is 3.67. The molecule has 3 rings (SSSR count). The predicted octanol–water partition coefficient (Wildman–Crippen LogP) is 3.24. The minimum absolute atomic E-state index is 0.115. The molecule has 1 aromatic carbocycles. The zero-order chi connectivity index (χ0) is 19.4. The minimum atomic E-state index is -3.77. The lowest BCUT2D eigenvalue weighted by Crippen LogP contribution is -2.31. The van der Waals surface area contributed by atoms with Gasteiger partial charge in [-0.05, 0) is 61.4 Å². The van der Waals surface area contributed by atoms with Crippen LogP contribution in [0.2, 0.25) is 0 Å². The molecule has 1 amide bonds. The number of hydrogen-bond acceptors (Lipinski definition) is 5. The lowest BCUT2D eigenvalue weighted by Gasteiger charge is -2.17. The summed E-state index contributed by atoms with van der Waals surface area (Å²) >= 11 is 0. The van der Waals surface area contributed by atoms with Gasteiger partial charge < -0.3 is 9.73 Å². The first-order chi connectivity index (χ1) is 12.9. The van der Waals surface area contributed by atoms with Crippen molar-refractivity contribution in [2.24, 2.45) is 0 Å². The second kappa shape index (κ2) is 7.75. The number of sulfone groups is 1. The maximum Gasteiger partial charge on any atom is 0.252 e. The van der Waals surface area contributed by atoms with E-state index in [4.69, 9.17) is 4.42 Å². The van der Waals surface area contributed by atoms with E-state index >= 15 is 0 Å². The number of furan rings is 1. The fraction of sp³-hybridized carbons (Fsp3) is 0.200. The molecule has 1 N–H and O–H groups in total. The van der Waals surface area contributed by atoms with Crippen molar-refractivity contribution in [1.82, 2.24) is 10.3 Å². The molecule has 0 aliphatic heterocycles. The first-order valence-electron chi connectivity index (χ1n) is 8.42. The van der Waals surface area contributed by atoms with Gasteiger partial charge in [-0.1, -0.05) is 6.07 Å². The maximum atomic E-state index is 13.2. The van der Waals surface area contributed by atoms with Crippen LogP contribution in [0.1, 0.15) is 32.5 Å². The Morgan fingerprint density at radius 1 is 1.15 bits per heavy atom. The Bertz CT molecular complexity index is 1030. The van der Waals surface area contributed by atoms with Gasteiger partial charge in [0.25, 0.3) is 5.91 Å². The number of carbonyl (C=O) groups is 1. The summed E-state index contributed by atoms with van der Waals surface area (Å²) in [6.07, 6.45) is 4.41. The highest BCUT2D eigenvalue weighted by Gasteiger charge is 2.32. The quantitative estimate of drug-likeness (QED) is 0.705. The Morgan fingerprint density at radius 2 is 1.96 bits per heavy atom. The Labute approximate surface area is 158 Å². The zero-order valence-corrected chi connectivity index (χ0v) is 15.9. The van der Waals surface area contributed by atoms with E-state index in [0.717, 1.165) is 11.1 Å². The van der Waals surface area contributed by atoms with E-state index in [-0.39, 0.29) is 17.2 Å². The fourth-order valence-corrected chi connectivity index (χ4v) is 4.35. The Balaban J connectivity index is 1.90. The highest BCUT2D eigenvalue weighted by molar-refractivity contribution is 7.91. The number of benzene rings is 1. The summed E-state index contributed by atoms with van der Waals surface area (Å²) in [4.78, 5) is 16.4. The number of aryl methyl sites for hydroxylation is 2. The Hall–Kier alpha value is -2.93. The summed E-state index contributed by atoms with van der Waals surface area (Å²) in [5.74, 6) is -0.116. The maximum absolute atomic E-state index is 13.2. The number of hydrogen-bond donors (Lipinski definition) is 1. The van der Waals surface area contributed by atoms with Gasteiger partial charge in [0.05, 0.1) is 16.7 Å². The molecule has 0 saturated carbocycles. The van der Waals surface area contributed by atoms with E-state index in [0.29, 0.717) is 5.56 Å². The molecule has 140 valence electrons. The Kier molecular flexibility index (Phi) is 5.41. The number of carbonyl (C=O) groups excluding carboxylic acids is 1. The van der Waals surface area contributed by atoms with E-state index in [1.165, 1.54) is 12.5 Å². The first-order valence-corrected chi connectivity index (χ1v) is 9.97. The summed E-state index contributed by atoms with van der Waals surface area (Å²) in [6, 6.07) is 11.5. The van der Waals surface area contributed by atoms with Gasteiger partial charge in [0.1, 0.15) is 11.0 Å². The summed E-state index contributed by atoms with van der Waals surface area (Å²) < 4.78 is 31.8. The first kappa shape index (κ1) is 18.8. The van der Waals surface area contributed by atoms with Crippen molar-refractivity contribution in [2.75, 3.05) is 6.54 Å². The molecule has 7 heteroatoms. The van der Waals surface area contributed by atoms with Crippen LogP contribution in [0.15, 0.2) is 70.4 Å². The summed E-state index contributed by atoms with van der Waals surface area (Å²) in [5, 5.41) is 1.64. The van der Waals surface area contributed by atoms with Crippen LogP contribution in [-0.2, 0) is 9.84 Å². The van der Waals surface area contributed by atoms with Crippen molar-refractivity contribution >= 4 is 15.7 Å². The molecule has 0 aliphatic rings. The summed E-state index contributed by atoms with van der Waals surface area (Å²) in [5.41, 5.74) is 2.25. The number of rotatable bonds is 6. The third-order valence-electron chi connectivity index (χ3n) is 4.41. The molecule has 2 heterocycles. The van der Waals surface area contributed by atoms with E-state index in [1.807, 2.05) is 13.8 Å². The molecule has 0 radical (unpaired) electrons. The second-order valence-electron chi connectivity index (χ2n) is 6.25. The third kappa shape index (κ3) is 4.09. The predicted molar refractivity (Wildman–Crippen MR) is 101 cm³/mol. The summed E-state index contributed by atoms with van der Waals surface area (Å²) in [7, 11) is -3.77. The van der Waals surface area contributed by atoms with Crippen LogP contribution in [0.5, 0.6) is 0 Å². The van der Waals surface area contributed by atoms with E-state index in [9.17, 15) is 13.2 Å². The number of aromatic nitrogens is 1. The van der Waals surface area contributed by atoms with Gasteiger partial charge in [0, 0.05) is 18.9 Å². The minimum Gasteiger partial charge on any atom is -0.468 e. The largest absolute Gasteiger partial charge is 0.468 e. The number of nitrogens with one attached hydrogen (secondary N) is 1. The monoisotopic (exact) mass is 384 g/mol. The highest BCUT2D eigenvalue weighted by Crippen LogP contribution is 2.30. The SMILES string of the molecule is Cc1ccc(S(=O)(=O)[C@@H](CNC(=O)c2cccnc2)c2ccco2)cc1C. The second-order valence-corrected chi connectivity index (χ2v) is 8.38. The molecule has 3 aromatic rings. The van der Waals surface area contributed by atoms with Crippen LogP contribution in [0.25, 0.3) is 0 Å². The lowest BCUT2D eigenvalue weighted by molar-refractivity contribution is 0.0953. The molecule has 1 atom stereocenters. The van der Waals surface area contributed by atoms with Crippen LogP contribution < -0.4 is 5.32 Å². The average Bonchev–Trinajstić information content (AvgIpc) is 3.18. The van der Waals surface area contributed by atoms with Crippen LogP contribution >= 0.6 is 0 Å². The molecular weight excluding hydrogens is 364 g/mol. The number of amides is 1. The van der Waals surface area contributed by atoms with Gasteiger partial charge in [-0.2, -0.15) is 0 Å². The third-order valence-corrected chi connectivity index (χ3v) is 6.47. The van der Waals surface area contributed by atoms with Crippen molar-refractivity contribution in [3.63, 3.8) is 0 Å². The van der Waals surface area contributed by atoms with Gasteiger partial charge in [0.2, 0.25) is 0 Å². The van der Waals surface area contributed by atoms with Gasteiger partial charge in [-0.3, -0.25) is 9.78 Å². The average molecular weight is 384 g/mol. The molecule has 27 heavy (non-hydrogen) atoms. The molecule has 0 fully saturated rings. The lowest BCUT2D eigenvalue weighted by atomic mass is 10.1. The van der Waals surface area contributed by atoms with Crippen LogP contribution in [0, 0.1) is 13.8 Å². The number of nitrogens with zero attached hydrogens (tertiary/aromatic N) is 1. The fourth-order valence-electron chi connectivity index (χ4n) is 2.68. The van der Waals surface area contributed by atoms with E-state index in [2.05, 4.69) is 10.3 Å². The molecule has 2 aromatic heterocycles. The smallest absolute Gasteiger partial charge is 0.252 e. The molecule has 0 spiro atoms. The highest BCUT2D eigenvalue weighted by atomic mass is 32.2. The van der Waals surface area contributed by atoms with Crippen molar-refractivity contribution in [1.29, 1.82) is 0 Å². The van der Waals surface area contributed by atoms with Crippen molar-refractivity contribution < 1.29 is 17.6 Å². The van der Waals surface area contributed by atoms with Crippen molar-refractivity contribution in [2.45, 2.75) is 24.0 Å². The number of pyridine rings is 1. The topological polar surface area (TPSA) is 89.3 Å².